The number of hydrogen-bond acceptors (Lipinski definition) is 3. The molecule has 1 N–H and O–H groups in total. The summed E-state index contributed by atoms with van der Waals surface area (Å²) in [5, 5.41) is 3.01. The molecule has 1 fully saturated rings. The van der Waals surface area contributed by atoms with Crippen molar-refractivity contribution in [3.8, 4) is 5.75 Å². The van der Waals surface area contributed by atoms with E-state index in [1.54, 1.807) is 7.11 Å². The number of rotatable bonds is 7. The van der Waals surface area contributed by atoms with E-state index in [0.717, 1.165) is 41.8 Å². The molecule has 0 aliphatic heterocycles. The van der Waals surface area contributed by atoms with Crippen LogP contribution in [0.25, 0.3) is 0 Å². The van der Waals surface area contributed by atoms with Gasteiger partial charge >= 0.3 is 0 Å². The van der Waals surface area contributed by atoms with Crippen molar-refractivity contribution in [3.05, 3.63) is 23.3 Å². The molecule has 0 saturated heterocycles. The summed E-state index contributed by atoms with van der Waals surface area (Å²) < 4.78 is 11.5. The van der Waals surface area contributed by atoms with Crippen molar-refractivity contribution >= 4 is 11.6 Å². The highest BCUT2D eigenvalue weighted by atomic mass is 16.5. The van der Waals surface area contributed by atoms with E-state index in [0.29, 0.717) is 5.92 Å². The van der Waals surface area contributed by atoms with Crippen LogP contribution in [0.1, 0.15) is 51.2 Å². The Labute approximate surface area is 139 Å². The minimum atomic E-state index is -0.742. The van der Waals surface area contributed by atoms with Crippen LogP contribution in [0.2, 0.25) is 0 Å². The van der Waals surface area contributed by atoms with Crippen molar-refractivity contribution < 1.29 is 14.3 Å². The van der Waals surface area contributed by atoms with Crippen LogP contribution in [-0.2, 0) is 9.53 Å². The highest BCUT2D eigenvalue weighted by molar-refractivity contribution is 5.97. The average Bonchev–Trinajstić information content (AvgIpc) is 3.34. The van der Waals surface area contributed by atoms with Crippen molar-refractivity contribution in [2.75, 3.05) is 12.4 Å². The lowest BCUT2D eigenvalue weighted by Gasteiger charge is -2.27. The first-order chi connectivity index (χ1) is 10.8. The van der Waals surface area contributed by atoms with E-state index in [4.69, 9.17) is 9.47 Å². The molecule has 1 saturated carbocycles. The largest absolute Gasteiger partial charge is 0.490 e. The molecule has 4 nitrogen and oxygen atoms in total. The first-order valence-electron chi connectivity index (χ1n) is 8.46. The number of aryl methyl sites for hydroxylation is 2. The molecule has 0 heterocycles. The quantitative estimate of drug-likeness (QED) is 0.818. The van der Waals surface area contributed by atoms with Crippen LogP contribution in [0.5, 0.6) is 5.75 Å². The maximum Gasteiger partial charge on any atom is 0.256 e. The summed E-state index contributed by atoms with van der Waals surface area (Å²) in [4.78, 5) is 12.6. The summed E-state index contributed by atoms with van der Waals surface area (Å²) in [6, 6.07) is 3.93. The Kier molecular flexibility index (Phi) is 5.35. The molecule has 1 amide bonds. The monoisotopic (exact) mass is 319 g/mol. The fourth-order valence-electron chi connectivity index (χ4n) is 2.83. The van der Waals surface area contributed by atoms with Gasteiger partial charge < -0.3 is 14.8 Å². The molecular formula is C19H29NO3. The van der Waals surface area contributed by atoms with Gasteiger partial charge in [0.05, 0.1) is 6.10 Å². The molecule has 1 aromatic carbocycles. The number of carbonyl (C=O) groups is 1. The maximum absolute atomic E-state index is 12.6. The number of carbonyl (C=O) groups excluding carboxylic acids is 1. The van der Waals surface area contributed by atoms with E-state index < -0.39 is 5.60 Å². The van der Waals surface area contributed by atoms with Crippen LogP contribution < -0.4 is 10.1 Å². The standard InChI is InChI=1S/C19H29NO3/c1-7-14(4)23-17-12(2)10-16(11-13(17)3)20-18(21)19(5,22-6)15-8-9-15/h10-11,14-15H,7-9H2,1-6H3,(H,20,21). The normalized spacial score (nSPS) is 18.2. The summed E-state index contributed by atoms with van der Waals surface area (Å²) in [7, 11) is 1.61. The fourth-order valence-corrected chi connectivity index (χ4v) is 2.83. The van der Waals surface area contributed by atoms with Gasteiger partial charge in [-0.05, 0) is 76.1 Å². The summed E-state index contributed by atoms with van der Waals surface area (Å²) in [5.74, 6) is 1.16. The Morgan fingerprint density at radius 2 is 1.91 bits per heavy atom. The smallest absolute Gasteiger partial charge is 0.256 e. The molecule has 1 aromatic rings. The maximum atomic E-state index is 12.6. The number of anilines is 1. The molecule has 2 unspecified atom stereocenters. The van der Waals surface area contributed by atoms with E-state index in [1.165, 1.54) is 0 Å². The second kappa shape index (κ2) is 6.91. The Morgan fingerprint density at radius 1 is 1.35 bits per heavy atom. The predicted molar refractivity (Wildman–Crippen MR) is 93.1 cm³/mol. The Hall–Kier alpha value is -1.55. The third-order valence-corrected chi connectivity index (χ3v) is 4.84. The van der Waals surface area contributed by atoms with Crippen LogP contribution in [0.3, 0.4) is 0 Å². The van der Waals surface area contributed by atoms with Gasteiger partial charge in [0.2, 0.25) is 0 Å². The first-order valence-corrected chi connectivity index (χ1v) is 8.46. The molecule has 0 spiro atoms. The van der Waals surface area contributed by atoms with Gasteiger partial charge in [-0.1, -0.05) is 6.92 Å². The molecule has 128 valence electrons. The SMILES string of the molecule is CCC(C)Oc1c(C)cc(NC(=O)C(C)(OC)C2CC2)cc1C. The molecule has 1 aliphatic carbocycles. The number of benzene rings is 1. The molecule has 4 heteroatoms. The number of amides is 1. The van der Waals surface area contributed by atoms with Crippen LogP contribution in [0.15, 0.2) is 12.1 Å². The molecule has 2 atom stereocenters. The lowest BCUT2D eigenvalue weighted by atomic mass is 9.98. The van der Waals surface area contributed by atoms with Crippen LogP contribution in [0, 0.1) is 19.8 Å². The third kappa shape index (κ3) is 3.86. The third-order valence-electron chi connectivity index (χ3n) is 4.84. The highest BCUT2D eigenvalue weighted by Gasteiger charge is 2.47. The summed E-state index contributed by atoms with van der Waals surface area (Å²) in [6.07, 6.45) is 3.25. The van der Waals surface area contributed by atoms with Crippen molar-refractivity contribution in [3.63, 3.8) is 0 Å². The van der Waals surface area contributed by atoms with E-state index in [9.17, 15) is 4.79 Å². The minimum absolute atomic E-state index is 0.0723. The van der Waals surface area contributed by atoms with Crippen LogP contribution in [-0.4, -0.2) is 24.7 Å². The Morgan fingerprint density at radius 3 is 2.35 bits per heavy atom. The van der Waals surface area contributed by atoms with Crippen LogP contribution in [0.4, 0.5) is 5.69 Å². The van der Waals surface area contributed by atoms with E-state index in [-0.39, 0.29) is 12.0 Å². The summed E-state index contributed by atoms with van der Waals surface area (Å²) in [6.45, 7) is 10.1. The molecule has 1 aliphatic rings. The predicted octanol–water partition coefficient (Wildman–Crippen LogP) is 4.23. The molecular weight excluding hydrogens is 290 g/mol. The van der Waals surface area contributed by atoms with Gasteiger partial charge in [-0.3, -0.25) is 4.79 Å². The zero-order valence-electron chi connectivity index (χ0n) is 15.2. The number of methoxy groups -OCH3 is 1. The Balaban J connectivity index is 2.16. The second-order valence-corrected chi connectivity index (χ2v) is 6.82. The lowest BCUT2D eigenvalue weighted by molar-refractivity contribution is -0.138. The minimum Gasteiger partial charge on any atom is -0.490 e. The van der Waals surface area contributed by atoms with Gasteiger partial charge in [0, 0.05) is 12.8 Å². The van der Waals surface area contributed by atoms with Gasteiger partial charge in [-0.15, -0.1) is 0 Å². The molecule has 23 heavy (non-hydrogen) atoms. The van der Waals surface area contributed by atoms with Crippen molar-refractivity contribution in [1.29, 1.82) is 0 Å². The average molecular weight is 319 g/mol. The van der Waals surface area contributed by atoms with E-state index in [1.807, 2.05) is 32.9 Å². The number of nitrogens with one attached hydrogen (secondary N) is 1. The summed E-state index contributed by atoms with van der Waals surface area (Å²) in [5.41, 5.74) is 2.12. The summed E-state index contributed by atoms with van der Waals surface area (Å²) >= 11 is 0. The zero-order valence-corrected chi connectivity index (χ0v) is 15.2. The van der Waals surface area contributed by atoms with Gasteiger partial charge in [0.1, 0.15) is 11.4 Å². The lowest BCUT2D eigenvalue weighted by Crippen LogP contribution is -2.44. The van der Waals surface area contributed by atoms with E-state index >= 15 is 0 Å². The van der Waals surface area contributed by atoms with Gasteiger partial charge in [0.15, 0.2) is 0 Å². The number of hydrogen-bond donors (Lipinski definition) is 1. The van der Waals surface area contributed by atoms with Gasteiger partial charge in [-0.25, -0.2) is 0 Å². The highest BCUT2D eigenvalue weighted by Crippen LogP contribution is 2.42. The molecule has 0 radical (unpaired) electrons. The van der Waals surface area contributed by atoms with Crippen molar-refractivity contribution in [1.82, 2.24) is 0 Å². The zero-order chi connectivity index (χ0) is 17.2. The number of ether oxygens (including phenoxy) is 2. The fraction of sp³-hybridized carbons (Fsp3) is 0.632. The van der Waals surface area contributed by atoms with Gasteiger partial charge in [0.25, 0.3) is 5.91 Å². The van der Waals surface area contributed by atoms with E-state index in [2.05, 4.69) is 19.2 Å². The molecule has 2 rings (SSSR count). The first kappa shape index (κ1) is 17.8. The topological polar surface area (TPSA) is 47.6 Å². The van der Waals surface area contributed by atoms with Crippen LogP contribution >= 0.6 is 0 Å². The Bertz CT molecular complexity index is 557. The van der Waals surface area contributed by atoms with Crippen molar-refractivity contribution in [2.24, 2.45) is 5.92 Å². The van der Waals surface area contributed by atoms with Gasteiger partial charge in [-0.2, -0.15) is 0 Å². The molecule has 0 bridgehead atoms. The second-order valence-electron chi connectivity index (χ2n) is 6.82. The van der Waals surface area contributed by atoms with Crippen molar-refractivity contribution in [2.45, 2.75) is 65.6 Å². The molecule has 0 aromatic heterocycles.